The normalized spacial score (nSPS) is 16.3. The lowest BCUT2D eigenvalue weighted by Gasteiger charge is -2.28. The third kappa shape index (κ3) is 6.44. The van der Waals surface area contributed by atoms with E-state index in [4.69, 9.17) is 4.74 Å². The molecule has 2 unspecified atom stereocenters. The zero-order chi connectivity index (χ0) is 28.9. The van der Waals surface area contributed by atoms with Crippen LogP contribution >= 0.6 is 0 Å². The van der Waals surface area contributed by atoms with Crippen LogP contribution in [0.3, 0.4) is 0 Å². The summed E-state index contributed by atoms with van der Waals surface area (Å²) in [5.74, 6) is -1.05. The standard InChI is InChI=1S/C33H30FN3O4/c1-22-8-10-24(11-9-22)21-37-29(32(39)36(2)20-23-6-4-3-5-7-23)30(41-33(37)40)25-14-18-28(19-15-25)35-31(38)26-12-16-27(34)17-13-26/h3-19,29-30H,20-21H2,1-2H3,(H,35,38). The van der Waals surface area contributed by atoms with Crippen LogP contribution in [0, 0.1) is 12.7 Å². The van der Waals surface area contributed by atoms with Gasteiger partial charge in [-0.25, -0.2) is 9.18 Å². The first-order valence-corrected chi connectivity index (χ1v) is 13.3. The molecular weight excluding hydrogens is 521 g/mol. The van der Waals surface area contributed by atoms with Crippen molar-refractivity contribution >= 4 is 23.6 Å². The van der Waals surface area contributed by atoms with Crippen molar-refractivity contribution < 1.29 is 23.5 Å². The number of amides is 3. The lowest BCUT2D eigenvalue weighted by Crippen LogP contribution is -2.46. The molecule has 8 heteroatoms. The van der Waals surface area contributed by atoms with Crippen molar-refractivity contribution in [2.24, 2.45) is 0 Å². The number of aryl methyl sites for hydroxylation is 1. The molecule has 3 amide bonds. The number of benzene rings is 4. The zero-order valence-electron chi connectivity index (χ0n) is 22.8. The molecule has 1 heterocycles. The molecule has 1 aliphatic rings. The van der Waals surface area contributed by atoms with Crippen molar-refractivity contribution in [3.63, 3.8) is 0 Å². The molecule has 208 valence electrons. The van der Waals surface area contributed by atoms with Crippen LogP contribution in [0.15, 0.2) is 103 Å². The molecule has 0 saturated carbocycles. The van der Waals surface area contributed by atoms with Gasteiger partial charge in [-0.15, -0.1) is 0 Å². The third-order valence-corrected chi connectivity index (χ3v) is 7.05. The molecule has 0 spiro atoms. The third-order valence-electron chi connectivity index (χ3n) is 7.05. The number of carbonyl (C=O) groups is 3. The highest BCUT2D eigenvalue weighted by Crippen LogP contribution is 2.35. The van der Waals surface area contributed by atoms with E-state index in [1.165, 1.54) is 29.2 Å². The molecule has 1 saturated heterocycles. The molecule has 41 heavy (non-hydrogen) atoms. The quantitative estimate of drug-likeness (QED) is 0.287. The van der Waals surface area contributed by atoms with Crippen LogP contribution in [-0.2, 0) is 22.6 Å². The maximum atomic E-state index is 13.9. The number of ether oxygens (including phenoxy) is 1. The molecule has 1 fully saturated rings. The van der Waals surface area contributed by atoms with Gasteiger partial charge < -0.3 is 15.0 Å². The number of hydrogen-bond acceptors (Lipinski definition) is 4. The molecule has 0 radical (unpaired) electrons. The van der Waals surface area contributed by atoms with E-state index in [-0.39, 0.29) is 18.4 Å². The second-order valence-electron chi connectivity index (χ2n) is 10.1. The number of hydrogen-bond donors (Lipinski definition) is 1. The summed E-state index contributed by atoms with van der Waals surface area (Å²) in [7, 11) is 1.72. The van der Waals surface area contributed by atoms with Crippen molar-refractivity contribution in [3.05, 3.63) is 137 Å². The van der Waals surface area contributed by atoms with Crippen molar-refractivity contribution in [3.8, 4) is 0 Å². The predicted molar refractivity (Wildman–Crippen MR) is 153 cm³/mol. The molecule has 0 aliphatic carbocycles. The first-order chi connectivity index (χ1) is 19.8. The van der Waals surface area contributed by atoms with Gasteiger partial charge >= 0.3 is 6.09 Å². The Morgan fingerprint density at radius 3 is 2.20 bits per heavy atom. The number of likely N-dealkylation sites (N-methyl/N-ethyl adjacent to an activating group) is 1. The van der Waals surface area contributed by atoms with Crippen LogP contribution in [-0.4, -0.2) is 40.8 Å². The average Bonchev–Trinajstić information content (AvgIpc) is 3.30. The van der Waals surface area contributed by atoms with Crippen LogP contribution in [0.2, 0.25) is 0 Å². The summed E-state index contributed by atoms with van der Waals surface area (Å²) in [6.45, 7) is 2.58. The maximum absolute atomic E-state index is 13.9. The summed E-state index contributed by atoms with van der Waals surface area (Å²) < 4.78 is 19.0. The fraction of sp³-hybridized carbons (Fsp3) is 0.182. The summed E-state index contributed by atoms with van der Waals surface area (Å²) in [6, 6.07) is 28.6. The first kappa shape index (κ1) is 27.6. The fourth-order valence-electron chi connectivity index (χ4n) is 4.81. The summed E-state index contributed by atoms with van der Waals surface area (Å²) in [4.78, 5) is 42.7. The summed E-state index contributed by atoms with van der Waals surface area (Å²) >= 11 is 0. The van der Waals surface area contributed by atoms with Gasteiger partial charge in [-0.2, -0.15) is 0 Å². The van der Waals surface area contributed by atoms with Crippen molar-refractivity contribution in [1.82, 2.24) is 9.80 Å². The number of nitrogens with zero attached hydrogens (tertiary/aromatic N) is 2. The van der Waals surface area contributed by atoms with E-state index in [2.05, 4.69) is 5.32 Å². The van der Waals surface area contributed by atoms with E-state index >= 15 is 0 Å². The molecule has 2 atom stereocenters. The summed E-state index contributed by atoms with van der Waals surface area (Å²) in [6.07, 6.45) is -1.42. The first-order valence-electron chi connectivity index (χ1n) is 13.3. The molecule has 4 aromatic rings. The molecule has 4 aromatic carbocycles. The second kappa shape index (κ2) is 12.0. The summed E-state index contributed by atoms with van der Waals surface area (Å²) in [5.41, 5.74) is 4.40. The number of cyclic esters (lactones) is 1. The topological polar surface area (TPSA) is 79.0 Å². The molecule has 0 bridgehead atoms. The van der Waals surface area contributed by atoms with Gasteiger partial charge in [0, 0.05) is 24.8 Å². The Morgan fingerprint density at radius 1 is 0.878 bits per heavy atom. The largest absolute Gasteiger partial charge is 0.438 e. The maximum Gasteiger partial charge on any atom is 0.411 e. The number of halogens is 1. The van der Waals surface area contributed by atoms with Gasteiger partial charge in [0.05, 0.1) is 6.54 Å². The highest BCUT2D eigenvalue weighted by molar-refractivity contribution is 6.04. The minimum atomic E-state index is -0.892. The fourth-order valence-corrected chi connectivity index (χ4v) is 4.81. The number of rotatable bonds is 8. The van der Waals surface area contributed by atoms with Crippen molar-refractivity contribution in [2.45, 2.75) is 32.2 Å². The Kier molecular flexibility index (Phi) is 8.10. The van der Waals surface area contributed by atoms with E-state index in [1.807, 2.05) is 61.5 Å². The van der Waals surface area contributed by atoms with E-state index in [0.717, 1.165) is 16.7 Å². The number of nitrogens with one attached hydrogen (secondary N) is 1. The zero-order valence-corrected chi connectivity index (χ0v) is 22.8. The van der Waals surface area contributed by atoms with E-state index < -0.39 is 24.1 Å². The van der Waals surface area contributed by atoms with Crippen molar-refractivity contribution in [2.75, 3.05) is 12.4 Å². The number of carbonyl (C=O) groups excluding carboxylic acids is 3. The van der Waals surface area contributed by atoms with E-state index in [0.29, 0.717) is 23.4 Å². The SMILES string of the molecule is Cc1ccc(CN2C(=O)OC(c3ccc(NC(=O)c4ccc(F)cc4)cc3)C2C(=O)N(C)Cc2ccccc2)cc1. The van der Waals surface area contributed by atoms with Crippen LogP contribution in [0.5, 0.6) is 0 Å². The Labute approximate surface area is 238 Å². The molecule has 0 aromatic heterocycles. The van der Waals surface area contributed by atoms with Crippen LogP contribution in [0.4, 0.5) is 14.9 Å². The van der Waals surface area contributed by atoms with Gasteiger partial charge in [-0.3, -0.25) is 14.5 Å². The van der Waals surface area contributed by atoms with Gasteiger partial charge in [0.2, 0.25) is 5.91 Å². The lowest BCUT2D eigenvalue weighted by molar-refractivity contribution is -0.136. The van der Waals surface area contributed by atoms with Crippen LogP contribution in [0.25, 0.3) is 0 Å². The Morgan fingerprint density at radius 2 is 1.54 bits per heavy atom. The molecule has 1 aliphatic heterocycles. The molecular formula is C33H30FN3O4. The Bertz CT molecular complexity index is 1520. The average molecular weight is 552 g/mol. The van der Waals surface area contributed by atoms with Gasteiger partial charge in [0.25, 0.3) is 5.91 Å². The van der Waals surface area contributed by atoms with Gasteiger partial charge in [0.1, 0.15) is 5.82 Å². The van der Waals surface area contributed by atoms with E-state index in [1.54, 1.807) is 36.2 Å². The summed E-state index contributed by atoms with van der Waals surface area (Å²) in [5, 5.41) is 2.78. The van der Waals surface area contributed by atoms with Crippen LogP contribution < -0.4 is 5.32 Å². The smallest absolute Gasteiger partial charge is 0.411 e. The highest BCUT2D eigenvalue weighted by Gasteiger charge is 2.48. The van der Waals surface area contributed by atoms with Crippen LogP contribution in [0.1, 0.15) is 38.7 Å². The Balaban J connectivity index is 1.39. The molecule has 5 rings (SSSR count). The highest BCUT2D eigenvalue weighted by atomic mass is 19.1. The molecule has 7 nitrogen and oxygen atoms in total. The number of anilines is 1. The monoisotopic (exact) mass is 551 g/mol. The van der Waals surface area contributed by atoms with Crippen molar-refractivity contribution in [1.29, 1.82) is 0 Å². The van der Waals surface area contributed by atoms with E-state index in [9.17, 15) is 18.8 Å². The minimum absolute atomic E-state index is 0.219. The molecule has 1 N–H and O–H groups in total. The lowest BCUT2D eigenvalue weighted by atomic mass is 9.99. The Hall–Kier alpha value is -4.98. The predicted octanol–water partition coefficient (Wildman–Crippen LogP) is 6.11. The van der Waals surface area contributed by atoms with Gasteiger partial charge in [-0.05, 0) is 60.0 Å². The second-order valence-corrected chi connectivity index (χ2v) is 10.1. The minimum Gasteiger partial charge on any atom is -0.438 e. The van der Waals surface area contributed by atoms with Gasteiger partial charge in [-0.1, -0.05) is 72.3 Å². The van der Waals surface area contributed by atoms with Gasteiger partial charge in [0.15, 0.2) is 12.1 Å².